The van der Waals surface area contributed by atoms with E-state index in [1.165, 1.54) is 11.9 Å². The molecule has 0 radical (unpaired) electrons. The van der Waals surface area contributed by atoms with E-state index in [0.717, 1.165) is 21.7 Å². The molecule has 0 bridgehead atoms. The minimum absolute atomic E-state index is 0.0275. The normalized spacial score (nSPS) is 12.5. The average molecular weight is 605 g/mol. The van der Waals surface area contributed by atoms with Crippen molar-refractivity contribution in [3.8, 4) is 0 Å². The monoisotopic (exact) mass is 603 g/mol. The Morgan fingerprint density at radius 2 is 1.57 bits per heavy atom. The molecule has 1 unspecified atom stereocenters. The summed E-state index contributed by atoms with van der Waals surface area (Å²) in [5, 5.41) is 3.41. The van der Waals surface area contributed by atoms with Crippen LogP contribution in [0.4, 0.5) is 5.69 Å². The Kier molecular flexibility index (Phi) is 10.3. The van der Waals surface area contributed by atoms with Crippen molar-refractivity contribution < 1.29 is 18.0 Å². The number of hydrogen-bond donors (Lipinski definition) is 1. The molecule has 1 N–H and O–H groups in total. The Hall–Kier alpha value is -3.07. The smallest absolute Gasteiger partial charge is 0.244 e. The standard InChI is InChI=1S/C30H35Cl2N3O4S/c1-30(2,3)23-12-15-25(16-13-23)35(40(5,38)39)20-28(36)34(19-22-11-14-24(31)18-26(22)32)27(29(37)33-4)17-21-9-7-6-8-10-21/h6-16,18,27H,17,19-20H2,1-5H3,(H,33,37). The van der Waals surface area contributed by atoms with E-state index in [1.807, 2.05) is 42.5 Å². The van der Waals surface area contributed by atoms with E-state index in [0.29, 0.717) is 21.3 Å². The van der Waals surface area contributed by atoms with Crippen LogP contribution in [0.25, 0.3) is 0 Å². The first kappa shape index (κ1) is 31.5. The quantitative estimate of drug-likeness (QED) is 0.334. The molecule has 7 nitrogen and oxygen atoms in total. The molecule has 0 heterocycles. The van der Waals surface area contributed by atoms with Crippen LogP contribution in [0.2, 0.25) is 10.0 Å². The summed E-state index contributed by atoms with van der Waals surface area (Å²) in [5.74, 6) is -0.941. The van der Waals surface area contributed by atoms with E-state index < -0.39 is 28.5 Å². The highest BCUT2D eigenvalue weighted by molar-refractivity contribution is 7.92. The second-order valence-electron chi connectivity index (χ2n) is 10.6. The van der Waals surface area contributed by atoms with E-state index in [2.05, 4.69) is 26.1 Å². The zero-order valence-corrected chi connectivity index (χ0v) is 25.6. The zero-order chi connectivity index (χ0) is 29.7. The maximum Gasteiger partial charge on any atom is 0.244 e. The van der Waals surface area contributed by atoms with Crippen molar-refractivity contribution in [1.29, 1.82) is 0 Å². The van der Waals surface area contributed by atoms with Gasteiger partial charge in [-0.1, -0.05) is 92.5 Å². The Labute approximate surface area is 247 Å². The van der Waals surface area contributed by atoms with Gasteiger partial charge < -0.3 is 10.2 Å². The molecule has 0 aliphatic heterocycles. The van der Waals surface area contributed by atoms with Crippen LogP contribution in [0.3, 0.4) is 0 Å². The molecule has 0 fully saturated rings. The van der Waals surface area contributed by atoms with Crippen LogP contribution in [0, 0.1) is 0 Å². The molecule has 0 aliphatic rings. The van der Waals surface area contributed by atoms with Crippen molar-refractivity contribution in [2.24, 2.45) is 0 Å². The number of hydrogen-bond acceptors (Lipinski definition) is 4. The van der Waals surface area contributed by atoms with Crippen LogP contribution in [0.15, 0.2) is 72.8 Å². The molecule has 0 aliphatic carbocycles. The summed E-state index contributed by atoms with van der Waals surface area (Å²) in [6.45, 7) is 5.66. The van der Waals surface area contributed by atoms with E-state index in [4.69, 9.17) is 23.2 Å². The van der Waals surface area contributed by atoms with Gasteiger partial charge in [0.25, 0.3) is 0 Å². The predicted molar refractivity (Wildman–Crippen MR) is 162 cm³/mol. The molecule has 0 aromatic heterocycles. The minimum atomic E-state index is -3.85. The lowest BCUT2D eigenvalue weighted by atomic mass is 9.87. The molecule has 3 aromatic rings. The number of benzene rings is 3. The van der Waals surface area contributed by atoms with Gasteiger partial charge in [0.2, 0.25) is 21.8 Å². The van der Waals surface area contributed by atoms with Gasteiger partial charge in [0.15, 0.2) is 0 Å². The molecule has 0 spiro atoms. The highest BCUT2D eigenvalue weighted by Gasteiger charge is 2.33. The molecule has 10 heteroatoms. The van der Waals surface area contributed by atoms with E-state index in [-0.39, 0.29) is 24.3 Å². The fourth-order valence-corrected chi connectivity index (χ4v) is 5.61. The van der Waals surface area contributed by atoms with Gasteiger partial charge in [-0.3, -0.25) is 13.9 Å². The minimum Gasteiger partial charge on any atom is -0.357 e. The van der Waals surface area contributed by atoms with Crippen LogP contribution in [-0.2, 0) is 38.0 Å². The summed E-state index contributed by atoms with van der Waals surface area (Å²) >= 11 is 12.5. The number of nitrogens with zero attached hydrogens (tertiary/aromatic N) is 2. The van der Waals surface area contributed by atoms with Gasteiger partial charge in [0.1, 0.15) is 12.6 Å². The van der Waals surface area contributed by atoms with Crippen molar-refractivity contribution in [3.63, 3.8) is 0 Å². The molecule has 2 amide bonds. The molecule has 3 aromatic carbocycles. The van der Waals surface area contributed by atoms with Gasteiger partial charge in [0, 0.05) is 30.1 Å². The lowest BCUT2D eigenvalue weighted by molar-refractivity contribution is -0.139. The third-order valence-corrected chi connectivity index (χ3v) is 8.30. The number of carbonyl (C=O) groups is 2. The summed E-state index contributed by atoms with van der Waals surface area (Å²) in [5.41, 5.74) is 2.66. The number of halogens is 2. The van der Waals surface area contributed by atoms with E-state index in [9.17, 15) is 18.0 Å². The van der Waals surface area contributed by atoms with Crippen LogP contribution < -0.4 is 9.62 Å². The zero-order valence-electron chi connectivity index (χ0n) is 23.3. The number of sulfonamides is 1. The van der Waals surface area contributed by atoms with Crippen LogP contribution in [0.5, 0.6) is 0 Å². The highest BCUT2D eigenvalue weighted by Crippen LogP contribution is 2.27. The first-order chi connectivity index (χ1) is 18.7. The van der Waals surface area contributed by atoms with Crippen molar-refractivity contribution in [2.75, 3.05) is 24.2 Å². The number of likely N-dealkylation sites (N-methyl/N-ethyl adjacent to an activating group) is 1. The highest BCUT2D eigenvalue weighted by atomic mass is 35.5. The molecule has 0 saturated carbocycles. The Bertz CT molecular complexity index is 1440. The number of anilines is 1. The Morgan fingerprint density at radius 3 is 2.10 bits per heavy atom. The lowest BCUT2D eigenvalue weighted by Crippen LogP contribution is -2.52. The molecular formula is C30H35Cl2N3O4S. The maximum absolute atomic E-state index is 14.0. The average Bonchev–Trinajstić information content (AvgIpc) is 2.89. The molecule has 40 heavy (non-hydrogen) atoms. The van der Waals surface area contributed by atoms with Crippen LogP contribution in [-0.4, -0.2) is 51.0 Å². The van der Waals surface area contributed by atoms with Crippen molar-refractivity contribution in [1.82, 2.24) is 10.2 Å². The fourth-order valence-electron chi connectivity index (χ4n) is 4.30. The summed E-state index contributed by atoms with van der Waals surface area (Å²) in [6, 6.07) is 20.4. The van der Waals surface area contributed by atoms with Gasteiger partial charge in [-0.25, -0.2) is 8.42 Å². The second-order valence-corrected chi connectivity index (χ2v) is 13.4. The van der Waals surface area contributed by atoms with Gasteiger partial charge in [0.05, 0.1) is 11.9 Å². The topological polar surface area (TPSA) is 86.8 Å². The predicted octanol–water partition coefficient (Wildman–Crippen LogP) is 5.44. The number of amides is 2. The number of carbonyl (C=O) groups excluding carboxylic acids is 2. The Balaban J connectivity index is 2.04. The third kappa shape index (κ3) is 8.22. The summed E-state index contributed by atoms with van der Waals surface area (Å²) in [6.07, 6.45) is 1.27. The third-order valence-electron chi connectivity index (χ3n) is 6.57. The van der Waals surface area contributed by atoms with Gasteiger partial charge >= 0.3 is 0 Å². The first-order valence-electron chi connectivity index (χ1n) is 12.8. The van der Waals surface area contributed by atoms with Gasteiger partial charge in [-0.05, 0) is 46.4 Å². The largest absolute Gasteiger partial charge is 0.357 e. The van der Waals surface area contributed by atoms with E-state index in [1.54, 1.807) is 30.3 Å². The van der Waals surface area contributed by atoms with Crippen LogP contribution >= 0.6 is 23.2 Å². The number of rotatable bonds is 10. The summed E-state index contributed by atoms with van der Waals surface area (Å²) in [7, 11) is -2.35. The second kappa shape index (κ2) is 13.1. The van der Waals surface area contributed by atoms with Gasteiger partial charge in [-0.15, -0.1) is 0 Å². The first-order valence-corrected chi connectivity index (χ1v) is 15.4. The summed E-state index contributed by atoms with van der Waals surface area (Å²) < 4.78 is 26.9. The van der Waals surface area contributed by atoms with Crippen molar-refractivity contribution in [3.05, 3.63) is 99.5 Å². The van der Waals surface area contributed by atoms with Crippen molar-refractivity contribution in [2.45, 2.75) is 45.2 Å². The molecular weight excluding hydrogens is 569 g/mol. The van der Waals surface area contributed by atoms with Gasteiger partial charge in [-0.2, -0.15) is 0 Å². The maximum atomic E-state index is 14.0. The molecule has 214 valence electrons. The van der Waals surface area contributed by atoms with E-state index >= 15 is 0 Å². The molecule has 3 rings (SSSR count). The summed E-state index contributed by atoms with van der Waals surface area (Å²) in [4.78, 5) is 28.6. The molecule has 1 atom stereocenters. The van der Waals surface area contributed by atoms with Crippen LogP contribution in [0.1, 0.15) is 37.5 Å². The van der Waals surface area contributed by atoms with Crippen molar-refractivity contribution >= 4 is 50.7 Å². The molecule has 0 saturated heterocycles. The fraction of sp³-hybridized carbons (Fsp3) is 0.333. The SMILES string of the molecule is CNC(=O)C(Cc1ccccc1)N(Cc1ccc(Cl)cc1Cl)C(=O)CN(c1ccc(C(C)(C)C)cc1)S(C)(=O)=O. The lowest BCUT2D eigenvalue weighted by Gasteiger charge is -2.33. The Morgan fingerprint density at radius 1 is 0.950 bits per heavy atom. The number of nitrogens with one attached hydrogen (secondary N) is 1.